The van der Waals surface area contributed by atoms with E-state index in [9.17, 15) is 14.7 Å². The molecule has 0 atom stereocenters. The highest BCUT2D eigenvalue weighted by atomic mass is 32.2. The first kappa shape index (κ1) is 17.4. The third-order valence-corrected chi connectivity index (χ3v) is 4.04. The summed E-state index contributed by atoms with van der Waals surface area (Å²) < 4.78 is 0. The van der Waals surface area contributed by atoms with E-state index in [1.807, 2.05) is 20.8 Å². The maximum Gasteiger partial charge on any atom is 0.340 e. The van der Waals surface area contributed by atoms with Crippen molar-refractivity contribution in [1.82, 2.24) is 14.9 Å². The molecule has 1 aromatic rings. The predicted molar refractivity (Wildman–Crippen MR) is 81.8 cm³/mol. The summed E-state index contributed by atoms with van der Waals surface area (Å²) in [7, 11) is 0. The second kappa shape index (κ2) is 7.97. The number of hydrogen-bond acceptors (Lipinski definition) is 5. The Labute approximate surface area is 129 Å². The Morgan fingerprint density at radius 2 is 1.81 bits per heavy atom. The second-order valence-corrected chi connectivity index (χ2v) is 5.38. The number of aromatic carboxylic acids is 1. The van der Waals surface area contributed by atoms with E-state index < -0.39 is 5.97 Å². The molecule has 6 nitrogen and oxygen atoms in total. The molecule has 0 aliphatic carbocycles. The molecule has 0 unspecified atom stereocenters. The summed E-state index contributed by atoms with van der Waals surface area (Å²) in [6.07, 6.45) is 0.623. The molecule has 1 N–H and O–H groups in total. The lowest BCUT2D eigenvalue weighted by Gasteiger charge is -2.18. The number of amides is 1. The summed E-state index contributed by atoms with van der Waals surface area (Å²) in [4.78, 5) is 33.5. The average Bonchev–Trinajstić information content (AvgIpc) is 2.45. The van der Waals surface area contributed by atoms with Gasteiger partial charge in [0.15, 0.2) is 0 Å². The maximum atomic E-state index is 12.0. The van der Waals surface area contributed by atoms with Gasteiger partial charge in [-0.05, 0) is 20.8 Å². The zero-order valence-electron chi connectivity index (χ0n) is 12.8. The number of carbonyl (C=O) groups excluding carboxylic acids is 1. The van der Waals surface area contributed by atoms with Crippen LogP contribution in [-0.2, 0) is 11.2 Å². The van der Waals surface area contributed by atoms with Crippen molar-refractivity contribution in [2.75, 3.05) is 18.8 Å². The van der Waals surface area contributed by atoms with Gasteiger partial charge >= 0.3 is 5.97 Å². The summed E-state index contributed by atoms with van der Waals surface area (Å²) in [5, 5.41) is 9.66. The van der Waals surface area contributed by atoms with Crippen molar-refractivity contribution in [3.63, 3.8) is 0 Å². The van der Waals surface area contributed by atoms with Crippen LogP contribution in [0.15, 0.2) is 5.03 Å². The number of carboxylic acids is 1. The zero-order valence-corrected chi connectivity index (χ0v) is 13.7. The van der Waals surface area contributed by atoms with E-state index in [1.165, 1.54) is 0 Å². The van der Waals surface area contributed by atoms with Gasteiger partial charge in [0, 0.05) is 19.5 Å². The van der Waals surface area contributed by atoms with Crippen LogP contribution in [-0.4, -0.2) is 50.7 Å². The third kappa shape index (κ3) is 4.42. The Morgan fingerprint density at radius 1 is 1.19 bits per heavy atom. The fourth-order valence-electron chi connectivity index (χ4n) is 1.91. The van der Waals surface area contributed by atoms with Gasteiger partial charge in [0.05, 0.1) is 11.4 Å². The molecule has 7 heteroatoms. The lowest BCUT2D eigenvalue weighted by atomic mass is 10.2. The van der Waals surface area contributed by atoms with E-state index in [0.717, 1.165) is 11.8 Å². The molecule has 0 bridgehead atoms. The van der Waals surface area contributed by atoms with Crippen LogP contribution in [0.1, 0.15) is 42.6 Å². The predicted octanol–water partition coefficient (Wildman–Crippen LogP) is 2.01. The van der Waals surface area contributed by atoms with Gasteiger partial charge in [-0.3, -0.25) is 4.79 Å². The molecule has 1 aromatic heterocycles. The summed E-state index contributed by atoms with van der Waals surface area (Å²) in [5.41, 5.74) is 0.525. The first-order chi connectivity index (χ1) is 9.94. The van der Waals surface area contributed by atoms with Gasteiger partial charge in [-0.2, -0.15) is 0 Å². The number of carbonyl (C=O) groups is 2. The van der Waals surface area contributed by atoms with E-state index in [0.29, 0.717) is 36.1 Å². The van der Waals surface area contributed by atoms with Crippen LogP contribution in [0.2, 0.25) is 0 Å². The Balaban J connectivity index is 2.98. The molecule has 1 rings (SSSR count). The molecule has 21 heavy (non-hydrogen) atoms. The number of nitrogens with zero attached hydrogens (tertiary/aromatic N) is 3. The van der Waals surface area contributed by atoms with Gasteiger partial charge in [0.25, 0.3) is 0 Å². The van der Waals surface area contributed by atoms with Crippen LogP contribution in [0.5, 0.6) is 0 Å². The molecule has 116 valence electrons. The van der Waals surface area contributed by atoms with E-state index in [-0.39, 0.29) is 17.2 Å². The highest BCUT2D eigenvalue weighted by molar-refractivity contribution is 8.00. The molecule has 1 amide bonds. The van der Waals surface area contributed by atoms with Crippen molar-refractivity contribution in [2.24, 2.45) is 0 Å². The van der Waals surface area contributed by atoms with Crippen molar-refractivity contribution >= 4 is 23.6 Å². The lowest BCUT2D eigenvalue weighted by molar-refractivity contribution is -0.127. The van der Waals surface area contributed by atoms with Gasteiger partial charge in [-0.1, -0.05) is 18.7 Å². The Bertz CT molecular complexity index is 530. The quantitative estimate of drug-likeness (QED) is 0.612. The lowest BCUT2D eigenvalue weighted by Crippen LogP contribution is -2.32. The summed E-state index contributed by atoms with van der Waals surface area (Å²) in [6, 6.07) is 0. The van der Waals surface area contributed by atoms with Crippen LogP contribution in [0.25, 0.3) is 0 Å². The second-order valence-electron chi connectivity index (χ2n) is 4.42. The fourth-order valence-corrected chi connectivity index (χ4v) is 2.90. The molecule has 0 aliphatic heterocycles. The standard InChI is InChI=1S/C14H21N3O3S/c1-5-10-15-9(4)12(14(19)20)13(16-10)21-8-11(18)17(6-2)7-3/h5-8H2,1-4H3,(H,19,20). The number of aromatic nitrogens is 2. The van der Waals surface area contributed by atoms with Gasteiger partial charge in [0.1, 0.15) is 16.4 Å². The molecule has 0 fully saturated rings. The molecule has 0 aliphatic rings. The van der Waals surface area contributed by atoms with E-state index in [4.69, 9.17) is 0 Å². The minimum absolute atomic E-state index is 0.0179. The van der Waals surface area contributed by atoms with Gasteiger partial charge in [0.2, 0.25) is 5.91 Å². The largest absolute Gasteiger partial charge is 0.478 e. The summed E-state index contributed by atoms with van der Waals surface area (Å²) in [6.45, 7) is 8.68. The number of rotatable bonds is 7. The van der Waals surface area contributed by atoms with Crippen molar-refractivity contribution in [3.05, 3.63) is 17.1 Å². The van der Waals surface area contributed by atoms with Crippen molar-refractivity contribution in [1.29, 1.82) is 0 Å². The normalized spacial score (nSPS) is 10.5. The van der Waals surface area contributed by atoms with Crippen LogP contribution in [0.4, 0.5) is 0 Å². The van der Waals surface area contributed by atoms with Crippen LogP contribution in [0, 0.1) is 6.92 Å². The van der Waals surface area contributed by atoms with Gasteiger partial charge in [-0.15, -0.1) is 0 Å². The average molecular weight is 311 g/mol. The highest BCUT2D eigenvalue weighted by Crippen LogP contribution is 2.23. The van der Waals surface area contributed by atoms with Crippen LogP contribution < -0.4 is 0 Å². The summed E-state index contributed by atoms with van der Waals surface area (Å²) in [5.74, 6) is -0.305. The molecule has 0 spiro atoms. The van der Waals surface area contributed by atoms with Crippen molar-refractivity contribution in [2.45, 2.75) is 39.1 Å². The molecular formula is C14H21N3O3S. The molecule has 0 radical (unpaired) electrons. The monoisotopic (exact) mass is 311 g/mol. The topological polar surface area (TPSA) is 83.4 Å². The van der Waals surface area contributed by atoms with E-state index in [2.05, 4.69) is 9.97 Å². The first-order valence-corrected chi connectivity index (χ1v) is 7.94. The van der Waals surface area contributed by atoms with Crippen molar-refractivity contribution < 1.29 is 14.7 Å². The van der Waals surface area contributed by atoms with Crippen LogP contribution >= 0.6 is 11.8 Å². The maximum absolute atomic E-state index is 12.0. The van der Waals surface area contributed by atoms with Gasteiger partial charge in [-0.25, -0.2) is 14.8 Å². The Hall–Kier alpha value is -1.63. The molecule has 0 aromatic carbocycles. The minimum atomic E-state index is -1.06. The molecular weight excluding hydrogens is 290 g/mol. The highest BCUT2D eigenvalue weighted by Gasteiger charge is 2.19. The van der Waals surface area contributed by atoms with Crippen LogP contribution in [0.3, 0.4) is 0 Å². The van der Waals surface area contributed by atoms with Gasteiger partial charge < -0.3 is 10.0 Å². The molecule has 0 saturated heterocycles. The van der Waals surface area contributed by atoms with E-state index in [1.54, 1.807) is 11.8 Å². The Kier molecular flexibility index (Phi) is 6.61. The number of carboxylic acid groups (broad SMARTS) is 1. The number of aryl methyl sites for hydroxylation is 2. The zero-order chi connectivity index (χ0) is 16.0. The number of hydrogen-bond donors (Lipinski definition) is 1. The minimum Gasteiger partial charge on any atom is -0.478 e. The van der Waals surface area contributed by atoms with E-state index >= 15 is 0 Å². The fraction of sp³-hybridized carbons (Fsp3) is 0.571. The summed E-state index contributed by atoms with van der Waals surface area (Å²) >= 11 is 1.16. The smallest absolute Gasteiger partial charge is 0.340 e. The molecule has 0 saturated carbocycles. The Morgan fingerprint density at radius 3 is 2.29 bits per heavy atom. The molecule has 1 heterocycles. The van der Waals surface area contributed by atoms with Crippen molar-refractivity contribution in [3.8, 4) is 0 Å². The number of thioether (sulfide) groups is 1. The third-order valence-electron chi connectivity index (χ3n) is 3.08. The first-order valence-electron chi connectivity index (χ1n) is 6.95. The SMILES string of the molecule is CCc1nc(C)c(C(=O)O)c(SCC(=O)N(CC)CC)n1.